The van der Waals surface area contributed by atoms with Crippen LogP contribution in [0.2, 0.25) is 0 Å². The summed E-state index contributed by atoms with van der Waals surface area (Å²) in [6.45, 7) is 0. The van der Waals surface area contributed by atoms with Gasteiger partial charge in [0.1, 0.15) is 0 Å². The summed E-state index contributed by atoms with van der Waals surface area (Å²) in [7, 11) is -8.77. The molecule has 0 aliphatic carbocycles. The van der Waals surface area contributed by atoms with Crippen molar-refractivity contribution < 1.29 is 92.4 Å². The Balaban J connectivity index is -0.0000000221. The molecule has 7 nitrogen and oxygen atoms in total. The van der Waals surface area contributed by atoms with E-state index in [0.717, 1.165) is 0 Å². The van der Waals surface area contributed by atoms with Gasteiger partial charge in [-0.15, -0.1) is 0 Å². The Labute approximate surface area is 144 Å². The summed E-state index contributed by atoms with van der Waals surface area (Å²) in [5, 5.41) is 0. The van der Waals surface area contributed by atoms with E-state index in [4.69, 9.17) is 33.3 Å². The summed E-state index contributed by atoms with van der Waals surface area (Å²) >= 11 is 0. The SMILES string of the molecule is O=P([O-])([O-])O.O=[Si]([O-])[O-].[Ca+2].[Na+].[Na+]. The first-order valence-corrected chi connectivity index (χ1v) is 4.08. The Morgan fingerprint density at radius 1 is 1.17 bits per heavy atom. The van der Waals surface area contributed by atoms with E-state index in [1.165, 1.54) is 0 Å². The second kappa shape index (κ2) is 16.4. The van der Waals surface area contributed by atoms with Gasteiger partial charge in [0.2, 0.25) is 0 Å². The molecule has 0 fully saturated rings. The molecular weight excluding hydrogens is 257 g/mol. The zero-order chi connectivity index (χ0) is 8.08. The maximum absolute atomic E-state index is 8.66. The zero-order valence-corrected chi connectivity index (χ0v) is 14.7. The molecule has 0 saturated heterocycles. The van der Waals surface area contributed by atoms with Crippen molar-refractivity contribution in [3.63, 3.8) is 0 Å². The predicted molar refractivity (Wildman–Crippen MR) is 22.0 cm³/mol. The average Bonchev–Trinajstić information content (AvgIpc) is 1.19. The van der Waals surface area contributed by atoms with Crippen LogP contribution in [0.15, 0.2) is 0 Å². The molecule has 0 bridgehead atoms. The average molecular weight is 258 g/mol. The summed E-state index contributed by atoms with van der Waals surface area (Å²) in [5.74, 6) is 0. The minimum atomic E-state index is -5.14. The fraction of sp³-hybridized carbons (Fsp3) is 0. The van der Waals surface area contributed by atoms with Crippen LogP contribution in [0.25, 0.3) is 0 Å². The van der Waals surface area contributed by atoms with Crippen LogP contribution >= 0.6 is 7.82 Å². The van der Waals surface area contributed by atoms with Gasteiger partial charge in [-0.05, 0) is 0 Å². The molecule has 0 unspecified atom stereocenters. The maximum Gasteiger partial charge on any atom is 2.00 e. The monoisotopic (exact) mass is 258 g/mol. The van der Waals surface area contributed by atoms with E-state index >= 15 is 0 Å². The third-order valence-electron chi connectivity index (χ3n) is 0. The van der Waals surface area contributed by atoms with E-state index in [1.54, 1.807) is 0 Å². The first-order valence-electron chi connectivity index (χ1n) is 1.36. The van der Waals surface area contributed by atoms with Crippen LogP contribution in [0.1, 0.15) is 0 Å². The van der Waals surface area contributed by atoms with Crippen molar-refractivity contribution in [3.8, 4) is 0 Å². The molecule has 1 N–H and O–H groups in total. The molecule has 0 heterocycles. The predicted octanol–water partition coefficient (Wildman–Crippen LogP) is -11.4. The Bertz CT molecular complexity index is 121. The summed E-state index contributed by atoms with van der Waals surface area (Å²) in [5.41, 5.74) is 0. The molecule has 12 heavy (non-hydrogen) atoms. The summed E-state index contributed by atoms with van der Waals surface area (Å²) in [4.78, 5) is 41.3. The van der Waals surface area contributed by atoms with E-state index in [1.807, 2.05) is 0 Å². The van der Waals surface area contributed by atoms with Crippen molar-refractivity contribution in [2.75, 3.05) is 0 Å². The van der Waals surface area contributed by atoms with Gasteiger partial charge in [-0.25, -0.2) is 0 Å². The van der Waals surface area contributed by atoms with Gasteiger partial charge in [0.25, 0.3) is 0 Å². The van der Waals surface area contributed by atoms with Gasteiger partial charge in [-0.2, -0.15) is 0 Å². The molecule has 0 aliphatic rings. The third kappa shape index (κ3) is 209. The van der Waals surface area contributed by atoms with Crippen molar-refractivity contribution in [2.24, 2.45) is 0 Å². The van der Waals surface area contributed by atoms with E-state index in [2.05, 4.69) is 0 Å². The molecule has 0 atom stereocenters. The molecule has 0 aromatic heterocycles. The third-order valence-corrected chi connectivity index (χ3v) is 0. The van der Waals surface area contributed by atoms with Gasteiger partial charge in [0, 0.05) is 9.17 Å². The van der Waals surface area contributed by atoms with Crippen molar-refractivity contribution in [1.82, 2.24) is 0 Å². The van der Waals surface area contributed by atoms with E-state index in [9.17, 15) is 0 Å². The van der Waals surface area contributed by atoms with Gasteiger partial charge in [-0.1, -0.05) is 0 Å². The number of phosphoric acid groups is 1. The van der Waals surface area contributed by atoms with Gasteiger partial charge < -0.3 is 33.3 Å². The largest absolute Gasteiger partial charge is 2.00 e. The molecule has 0 aliphatic heterocycles. The first kappa shape index (κ1) is 29.4. The van der Waals surface area contributed by atoms with Gasteiger partial charge in [0.05, 0.1) is 7.82 Å². The summed E-state index contributed by atoms with van der Waals surface area (Å²) in [6.07, 6.45) is 0. The second-order valence-electron chi connectivity index (χ2n) is 0.719. The van der Waals surface area contributed by atoms with Gasteiger partial charge in [-0.3, -0.25) is 0 Å². The molecule has 12 heteroatoms. The van der Waals surface area contributed by atoms with E-state index in [0.29, 0.717) is 0 Å². The Kier molecular flexibility index (Phi) is 40.2. The molecule has 0 spiro atoms. The molecule has 0 aromatic rings. The van der Waals surface area contributed by atoms with E-state index < -0.39 is 17.0 Å². The van der Waals surface area contributed by atoms with Gasteiger partial charge in [0.15, 0.2) is 0 Å². The summed E-state index contributed by atoms with van der Waals surface area (Å²) < 4.78 is 17.2. The first-order chi connectivity index (χ1) is 3.73. The number of hydrogen-bond donors (Lipinski definition) is 1. The second-order valence-corrected chi connectivity index (χ2v) is 2.16. The van der Waals surface area contributed by atoms with E-state index in [-0.39, 0.29) is 96.9 Å². The smallest absolute Gasteiger partial charge is 0.790 e. The molecule has 56 valence electrons. The molecule has 0 radical (unpaired) electrons. The zero-order valence-electron chi connectivity index (χ0n) is 6.55. The van der Waals surface area contributed by atoms with Crippen LogP contribution in [-0.2, 0) is 9.03 Å². The van der Waals surface area contributed by atoms with Crippen molar-refractivity contribution >= 4 is 54.7 Å². The molecule has 0 amide bonds. The number of hydrogen-bond acceptors (Lipinski definition) is 6. The Morgan fingerprint density at radius 2 is 1.17 bits per heavy atom. The van der Waals surface area contributed by atoms with Crippen molar-refractivity contribution in [3.05, 3.63) is 0 Å². The van der Waals surface area contributed by atoms with Crippen LogP contribution in [0.5, 0.6) is 0 Å². The topological polar surface area (TPSA) is 147 Å². The van der Waals surface area contributed by atoms with Crippen LogP contribution in [0.3, 0.4) is 0 Å². The standard InChI is InChI=1S/Ca.2Na.H3O4P.O3Si/c;;;1-5(2,3)4;1-4(2)3/h;;;(H3,1,2,3,4);/q+2;2*+1;;-2/p-2. The fourth-order valence-electron chi connectivity index (χ4n) is 0. The van der Waals surface area contributed by atoms with Crippen LogP contribution in [0.4, 0.5) is 0 Å². The maximum atomic E-state index is 8.66. The van der Waals surface area contributed by atoms with Gasteiger partial charge >= 0.3 is 96.9 Å². The fourth-order valence-corrected chi connectivity index (χ4v) is 0. The molecule has 0 saturated carbocycles. The molecule has 0 rings (SSSR count). The summed E-state index contributed by atoms with van der Waals surface area (Å²) in [6, 6.07) is 0. The molecular formula is HCaNa2O7PSi. The number of rotatable bonds is 0. The van der Waals surface area contributed by atoms with Crippen LogP contribution < -0.4 is 78.5 Å². The normalized spacial score (nSPS) is 6.92. The van der Waals surface area contributed by atoms with Crippen LogP contribution in [-0.4, -0.2) is 51.8 Å². The Hall–Kier alpha value is 2.99. The molecule has 0 aromatic carbocycles. The Morgan fingerprint density at radius 3 is 1.17 bits per heavy atom. The van der Waals surface area contributed by atoms with Crippen molar-refractivity contribution in [1.29, 1.82) is 0 Å². The minimum absolute atomic E-state index is 0. The minimum Gasteiger partial charge on any atom is -0.790 e. The van der Waals surface area contributed by atoms with Crippen LogP contribution in [0, 0.1) is 0 Å². The van der Waals surface area contributed by atoms with Crippen molar-refractivity contribution in [2.45, 2.75) is 0 Å². The quantitative estimate of drug-likeness (QED) is 0.335.